The summed E-state index contributed by atoms with van der Waals surface area (Å²) < 4.78 is 0. The van der Waals surface area contributed by atoms with E-state index in [2.05, 4.69) is 4.98 Å². The third-order valence-electron chi connectivity index (χ3n) is 6.01. The summed E-state index contributed by atoms with van der Waals surface area (Å²) >= 11 is 1.58. The molecule has 3 heterocycles. The fraction of sp³-hybridized carbons (Fsp3) is 0.280. The summed E-state index contributed by atoms with van der Waals surface area (Å²) in [6.07, 6.45) is 3.22. The van der Waals surface area contributed by atoms with Gasteiger partial charge in [0.05, 0.1) is 18.5 Å². The fourth-order valence-electron chi connectivity index (χ4n) is 4.30. The van der Waals surface area contributed by atoms with E-state index >= 15 is 0 Å². The molecule has 164 valence electrons. The average molecular weight is 448 g/mol. The van der Waals surface area contributed by atoms with E-state index in [4.69, 9.17) is 0 Å². The molecule has 1 aliphatic rings. The molecule has 0 saturated carbocycles. The van der Waals surface area contributed by atoms with Gasteiger partial charge in [-0.05, 0) is 47.2 Å². The normalized spacial score (nSPS) is 18.2. The van der Waals surface area contributed by atoms with E-state index in [1.54, 1.807) is 47.8 Å². The molecular formula is C25H25N3O3S. The van der Waals surface area contributed by atoms with Gasteiger partial charge in [0, 0.05) is 37.2 Å². The van der Waals surface area contributed by atoms with Gasteiger partial charge < -0.3 is 4.90 Å². The van der Waals surface area contributed by atoms with Gasteiger partial charge >= 0.3 is 0 Å². The van der Waals surface area contributed by atoms with Gasteiger partial charge in [-0.25, -0.2) is 0 Å². The molecule has 2 aromatic heterocycles. The number of thiophene rings is 1. The summed E-state index contributed by atoms with van der Waals surface area (Å²) in [6.45, 7) is 2.57. The predicted molar refractivity (Wildman–Crippen MR) is 123 cm³/mol. The van der Waals surface area contributed by atoms with Crippen LogP contribution in [-0.2, 0) is 32.9 Å². The Morgan fingerprint density at radius 2 is 1.88 bits per heavy atom. The van der Waals surface area contributed by atoms with E-state index in [1.165, 1.54) is 4.90 Å². The van der Waals surface area contributed by atoms with Crippen molar-refractivity contribution in [3.05, 3.63) is 87.9 Å². The van der Waals surface area contributed by atoms with Crippen LogP contribution in [0.3, 0.4) is 0 Å². The molecular weight excluding hydrogens is 422 g/mol. The van der Waals surface area contributed by atoms with Crippen molar-refractivity contribution in [1.82, 2.24) is 14.8 Å². The minimum Gasteiger partial charge on any atom is -0.341 e. The molecule has 1 saturated heterocycles. The first-order valence-corrected chi connectivity index (χ1v) is 11.3. The fourth-order valence-corrected chi connectivity index (χ4v) is 5.06. The Labute approximate surface area is 191 Å². The Balaban J connectivity index is 1.66. The lowest BCUT2D eigenvalue weighted by molar-refractivity contribution is -0.143. The predicted octanol–water partition coefficient (Wildman–Crippen LogP) is 3.70. The number of hydrogen-bond acceptors (Lipinski definition) is 5. The first kappa shape index (κ1) is 21.9. The van der Waals surface area contributed by atoms with Gasteiger partial charge in [0.15, 0.2) is 0 Å². The van der Waals surface area contributed by atoms with E-state index in [9.17, 15) is 14.4 Å². The first-order valence-electron chi connectivity index (χ1n) is 10.5. The van der Waals surface area contributed by atoms with Crippen LogP contribution in [0.2, 0.25) is 0 Å². The quantitative estimate of drug-likeness (QED) is 0.518. The van der Waals surface area contributed by atoms with Crippen LogP contribution in [-0.4, -0.2) is 39.6 Å². The number of aryl methyl sites for hydroxylation is 1. The number of benzene rings is 1. The zero-order chi connectivity index (χ0) is 22.7. The van der Waals surface area contributed by atoms with Crippen molar-refractivity contribution in [2.24, 2.45) is 0 Å². The Bertz CT molecular complexity index is 1130. The van der Waals surface area contributed by atoms with Crippen molar-refractivity contribution in [3.8, 4) is 0 Å². The van der Waals surface area contributed by atoms with Gasteiger partial charge in [0.2, 0.25) is 17.7 Å². The minimum absolute atomic E-state index is 0.0135. The number of pyridine rings is 1. The number of imide groups is 1. The topological polar surface area (TPSA) is 70.6 Å². The van der Waals surface area contributed by atoms with E-state index in [1.807, 2.05) is 48.7 Å². The zero-order valence-corrected chi connectivity index (χ0v) is 19.0. The highest BCUT2D eigenvalue weighted by Crippen LogP contribution is 2.42. The highest BCUT2D eigenvalue weighted by atomic mass is 32.1. The van der Waals surface area contributed by atoms with Crippen LogP contribution in [0.5, 0.6) is 0 Å². The summed E-state index contributed by atoms with van der Waals surface area (Å²) in [7, 11) is 1.74. The molecule has 0 spiro atoms. The molecule has 1 fully saturated rings. The van der Waals surface area contributed by atoms with Crippen LogP contribution in [0.1, 0.15) is 34.4 Å². The second-order valence-corrected chi connectivity index (χ2v) is 9.25. The molecule has 0 radical (unpaired) electrons. The molecule has 1 atom stereocenters. The Kier molecular flexibility index (Phi) is 6.19. The van der Waals surface area contributed by atoms with Crippen molar-refractivity contribution in [3.63, 3.8) is 0 Å². The van der Waals surface area contributed by atoms with E-state index in [-0.39, 0.29) is 37.1 Å². The second-order valence-electron chi connectivity index (χ2n) is 8.22. The molecule has 1 unspecified atom stereocenters. The SMILES string of the molecule is Cc1ccccc1C1(CC(=O)N(C)Cc2cccs2)CC(=O)N(Cc2ccncc2)C1=O. The lowest BCUT2D eigenvalue weighted by Crippen LogP contribution is -2.42. The van der Waals surface area contributed by atoms with Crippen LogP contribution in [0, 0.1) is 6.92 Å². The van der Waals surface area contributed by atoms with Gasteiger partial charge in [0.25, 0.3) is 0 Å². The number of amides is 3. The number of rotatable bonds is 7. The maximum absolute atomic E-state index is 13.8. The molecule has 4 rings (SSSR count). The largest absolute Gasteiger partial charge is 0.341 e. The zero-order valence-electron chi connectivity index (χ0n) is 18.2. The summed E-state index contributed by atoms with van der Waals surface area (Å²) in [6, 6.07) is 15.0. The third-order valence-corrected chi connectivity index (χ3v) is 6.87. The standard InChI is InChI=1S/C25H25N3O3S/c1-18-6-3-4-8-21(18)25(14-22(29)27(2)17-20-7-5-13-32-20)15-23(30)28(24(25)31)16-19-9-11-26-12-10-19/h3-13H,14-17H2,1-2H3. The highest BCUT2D eigenvalue weighted by molar-refractivity contribution is 7.09. The Hall–Kier alpha value is -3.32. The molecule has 3 amide bonds. The Morgan fingerprint density at radius 1 is 1.12 bits per heavy atom. The monoisotopic (exact) mass is 447 g/mol. The lowest BCUT2D eigenvalue weighted by atomic mass is 9.74. The van der Waals surface area contributed by atoms with Crippen molar-refractivity contribution in [1.29, 1.82) is 0 Å². The van der Waals surface area contributed by atoms with E-state index < -0.39 is 5.41 Å². The van der Waals surface area contributed by atoms with Crippen LogP contribution in [0.15, 0.2) is 66.3 Å². The average Bonchev–Trinajstić information content (AvgIpc) is 3.37. The smallest absolute Gasteiger partial charge is 0.241 e. The summed E-state index contributed by atoms with van der Waals surface area (Å²) in [4.78, 5) is 48.1. The van der Waals surface area contributed by atoms with Gasteiger partial charge in [0.1, 0.15) is 0 Å². The first-order chi connectivity index (χ1) is 15.4. The molecule has 0 N–H and O–H groups in total. The van der Waals surface area contributed by atoms with Crippen LogP contribution in [0.25, 0.3) is 0 Å². The number of carbonyl (C=O) groups is 3. The number of hydrogen-bond donors (Lipinski definition) is 0. The van der Waals surface area contributed by atoms with Crippen molar-refractivity contribution < 1.29 is 14.4 Å². The third kappa shape index (κ3) is 4.21. The second kappa shape index (κ2) is 9.04. The molecule has 3 aromatic rings. The molecule has 0 bridgehead atoms. The van der Waals surface area contributed by atoms with Crippen molar-refractivity contribution in [2.45, 2.75) is 38.3 Å². The molecule has 32 heavy (non-hydrogen) atoms. The van der Waals surface area contributed by atoms with Gasteiger partial charge in [-0.15, -0.1) is 11.3 Å². The number of carbonyl (C=O) groups excluding carboxylic acids is 3. The van der Waals surface area contributed by atoms with E-state index in [0.717, 1.165) is 21.6 Å². The molecule has 0 aliphatic carbocycles. The number of likely N-dealkylation sites (tertiary alicyclic amines) is 1. The molecule has 7 heteroatoms. The maximum Gasteiger partial charge on any atom is 0.241 e. The van der Waals surface area contributed by atoms with E-state index in [0.29, 0.717) is 6.54 Å². The minimum atomic E-state index is -1.20. The summed E-state index contributed by atoms with van der Waals surface area (Å²) in [5, 5.41) is 1.97. The van der Waals surface area contributed by atoms with Crippen LogP contribution in [0.4, 0.5) is 0 Å². The van der Waals surface area contributed by atoms with Crippen molar-refractivity contribution in [2.75, 3.05) is 7.05 Å². The lowest BCUT2D eigenvalue weighted by Gasteiger charge is -2.30. The number of nitrogens with zero attached hydrogens (tertiary/aromatic N) is 3. The van der Waals surface area contributed by atoms with Gasteiger partial charge in [-0.3, -0.25) is 24.3 Å². The Morgan fingerprint density at radius 3 is 2.56 bits per heavy atom. The summed E-state index contributed by atoms with van der Waals surface area (Å²) in [5.74, 6) is -0.733. The molecule has 6 nitrogen and oxygen atoms in total. The van der Waals surface area contributed by atoms with Crippen LogP contribution >= 0.6 is 11.3 Å². The number of aromatic nitrogens is 1. The van der Waals surface area contributed by atoms with Crippen LogP contribution < -0.4 is 0 Å². The maximum atomic E-state index is 13.8. The molecule has 1 aromatic carbocycles. The molecule has 1 aliphatic heterocycles. The highest BCUT2D eigenvalue weighted by Gasteiger charge is 2.54. The summed E-state index contributed by atoms with van der Waals surface area (Å²) in [5.41, 5.74) is 1.26. The van der Waals surface area contributed by atoms with Gasteiger partial charge in [-0.2, -0.15) is 0 Å². The van der Waals surface area contributed by atoms with Gasteiger partial charge in [-0.1, -0.05) is 30.3 Å². The van der Waals surface area contributed by atoms with Crippen molar-refractivity contribution >= 4 is 29.1 Å².